The van der Waals surface area contributed by atoms with Gasteiger partial charge in [-0.1, -0.05) is 0 Å². The molecule has 57 valence electrons. The van der Waals surface area contributed by atoms with E-state index in [0.717, 1.165) is 0 Å². The molecule has 0 aromatic rings. The first-order valence-electron chi connectivity index (χ1n) is 1.10. The van der Waals surface area contributed by atoms with Crippen molar-refractivity contribution in [3.63, 3.8) is 0 Å². The van der Waals surface area contributed by atoms with Gasteiger partial charge in [0.05, 0.1) is 10.2 Å². The van der Waals surface area contributed by atoms with Gasteiger partial charge in [-0.3, -0.25) is 0 Å². The molecule has 0 fully saturated rings. The molecule has 8 nitrogen and oxygen atoms in total. The Morgan fingerprint density at radius 2 is 0.636 bits per heavy atom. The van der Waals surface area contributed by atoms with Crippen molar-refractivity contribution in [2.75, 3.05) is 0 Å². The molecule has 0 aromatic carbocycles. The van der Waals surface area contributed by atoms with Crippen LogP contribution in [0.3, 0.4) is 0 Å². The first-order chi connectivity index (χ1) is 3.46. The first kappa shape index (κ1) is 30.6. The van der Waals surface area contributed by atoms with E-state index < -0.39 is 10.2 Å². The molecule has 0 aliphatic carbocycles. The quantitative estimate of drug-likeness (QED) is 0.434. The van der Waals surface area contributed by atoms with E-state index in [1.165, 1.54) is 0 Å². The third kappa shape index (κ3) is 94800000. The van der Waals surface area contributed by atoms with Crippen molar-refractivity contribution >= 4 is 0 Å². The summed E-state index contributed by atoms with van der Waals surface area (Å²) in [7, 11) is 0. The Hall–Kier alpha value is -0.00260. The largest absolute Gasteiger partial charge is 3.00 e. The molecule has 0 atom stereocenters. The Kier molecular flexibility index (Phi) is 62.5. The van der Waals surface area contributed by atoms with E-state index in [4.69, 9.17) is 30.6 Å². The molecule has 3 radical (unpaired) electrons. The molecule has 0 spiro atoms. The predicted octanol–water partition coefficient (Wildman–Crippen LogP) is -0.486. The molecule has 0 rings (SSSR count). The van der Waals surface area contributed by atoms with E-state index in [-0.39, 0.29) is 52.1 Å². The van der Waals surface area contributed by atoms with Crippen molar-refractivity contribution in [2.45, 2.75) is 0 Å². The van der Waals surface area contributed by atoms with Gasteiger partial charge in [0.2, 0.25) is 0 Å². The van der Waals surface area contributed by atoms with Crippen molar-refractivity contribution in [2.24, 2.45) is 0 Å². The topological polar surface area (TPSA) is 132 Å². The summed E-state index contributed by atoms with van der Waals surface area (Å²) in [4.78, 5) is 16.5. The van der Waals surface area contributed by atoms with Crippen molar-refractivity contribution in [1.82, 2.24) is 0 Å². The SMILES string of the molecule is O=[N+]([O-])[O-].O=[N+]([O-])[O-].[Cr+3].[Cr+3].[Cr+3]. The molecule has 11 heteroatoms. The Morgan fingerprint density at radius 1 is 0.636 bits per heavy atom. The summed E-state index contributed by atoms with van der Waals surface area (Å²) >= 11 is 0. The Balaban J connectivity index is -0.0000000171. The Labute approximate surface area is 92.8 Å². The zero-order valence-corrected chi connectivity index (χ0v) is 8.39. The monoisotopic (exact) mass is 280 g/mol. The summed E-state index contributed by atoms with van der Waals surface area (Å²) in [6.45, 7) is 0. The number of nitrogens with zero attached hydrogens (tertiary/aromatic N) is 2. The molecule has 0 saturated heterocycles. The number of hydrogen-bond acceptors (Lipinski definition) is 6. The van der Waals surface area contributed by atoms with Crippen molar-refractivity contribution in [3.05, 3.63) is 30.6 Å². The summed E-state index contributed by atoms with van der Waals surface area (Å²) in [6, 6.07) is 0. The zero-order chi connectivity index (χ0) is 7.15. The first-order valence-corrected chi connectivity index (χ1v) is 1.10. The third-order valence-corrected chi connectivity index (χ3v) is 0. The van der Waals surface area contributed by atoms with Gasteiger partial charge < -0.3 is 30.6 Å². The maximum atomic E-state index is 8.25. The van der Waals surface area contributed by atoms with E-state index in [2.05, 4.69) is 0 Å². The maximum Gasteiger partial charge on any atom is 3.00 e. The Bertz CT molecular complexity index is 73.8. The van der Waals surface area contributed by atoms with Crippen LogP contribution in [0.1, 0.15) is 0 Å². The summed E-state index contributed by atoms with van der Waals surface area (Å²) in [6.07, 6.45) is 0. The molecule has 0 heterocycles. The normalized spacial score (nSPS) is 4.36. The fourth-order valence-electron chi connectivity index (χ4n) is 0. The van der Waals surface area contributed by atoms with Crippen LogP contribution in [0.4, 0.5) is 0 Å². The van der Waals surface area contributed by atoms with Gasteiger partial charge >= 0.3 is 52.1 Å². The van der Waals surface area contributed by atoms with E-state index in [9.17, 15) is 0 Å². The second kappa shape index (κ2) is 22.5. The third-order valence-electron chi connectivity index (χ3n) is 0. The molecule has 11 heavy (non-hydrogen) atoms. The van der Waals surface area contributed by atoms with Gasteiger partial charge in [0.25, 0.3) is 0 Å². The van der Waals surface area contributed by atoms with Crippen molar-refractivity contribution < 1.29 is 62.3 Å². The van der Waals surface area contributed by atoms with Crippen LogP contribution in [0.25, 0.3) is 0 Å². The maximum absolute atomic E-state index is 8.25. The van der Waals surface area contributed by atoms with Gasteiger partial charge in [-0.2, -0.15) is 0 Å². The molecule has 0 unspecified atom stereocenters. The minimum atomic E-state index is -1.75. The van der Waals surface area contributed by atoms with E-state index in [1.807, 2.05) is 0 Å². The smallest absolute Gasteiger partial charge is 0.356 e. The van der Waals surface area contributed by atoms with Crippen molar-refractivity contribution in [1.29, 1.82) is 0 Å². The average Bonchev–Trinajstić information content (AvgIpc) is 1.25. The zero-order valence-electron chi connectivity index (χ0n) is 4.57. The van der Waals surface area contributed by atoms with E-state index in [0.29, 0.717) is 0 Å². The van der Waals surface area contributed by atoms with E-state index in [1.54, 1.807) is 0 Å². The fraction of sp³-hybridized carbons (Fsp3) is 0. The molecule has 0 aromatic heterocycles. The molecule has 0 saturated carbocycles. The summed E-state index contributed by atoms with van der Waals surface area (Å²) in [5.74, 6) is 0. The summed E-state index contributed by atoms with van der Waals surface area (Å²) in [5, 5.41) is 29.5. The second-order valence-corrected chi connectivity index (χ2v) is 0.447. The molecular formula is Cr3N2O6+7. The van der Waals surface area contributed by atoms with Crippen LogP contribution in [0.2, 0.25) is 0 Å². The molecule has 0 aliphatic heterocycles. The summed E-state index contributed by atoms with van der Waals surface area (Å²) < 4.78 is 0. The number of rotatable bonds is 0. The van der Waals surface area contributed by atoms with Crippen LogP contribution >= 0.6 is 0 Å². The molecule has 0 N–H and O–H groups in total. The average molecular weight is 280 g/mol. The summed E-state index contributed by atoms with van der Waals surface area (Å²) in [5.41, 5.74) is 0. The predicted molar refractivity (Wildman–Crippen MR) is 20.7 cm³/mol. The van der Waals surface area contributed by atoms with Crippen LogP contribution < -0.4 is 0 Å². The minimum absolute atomic E-state index is 0. The van der Waals surface area contributed by atoms with Gasteiger partial charge in [0.15, 0.2) is 0 Å². The molecule has 0 aliphatic rings. The van der Waals surface area contributed by atoms with Gasteiger partial charge in [-0.05, 0) is 0 Å². The molecular weight excluding hydrogens is 280 g/mol. The number of hydrogen-bond donors (Lipinski definition) is 0. The van der Waals surface area contributed by atoms with Gasteiger partial charge in [-0.15, -0.1) is 0 Å². The van der Waals surface area contributed by atoms with Gasteiger partial charge in [0, 0.05) is 0 Å². The Morgan fingerprint density at radius 3 is 0.636 bits per heavy atom. The molecule has 0 amide bonds. The standard InChI is InChI=1S/3Cr.2NO3/c;;;2*2-1(3)4/q3*+3;2*-1. The van der Waals surface area contributed by atoms with Gasteiger partial charge in [-0.25, -0.2) is 0 Å². The van der Waals surface area contributed by atoms with Crippen LogP contribution in [0.15, 0.2) is 0 Å². The van der Waals surface area contributed by atoms with Crippen LogP contribution in [-0.4, -0.2) is 10.2 Å². The van der Waals surface area contributed by atoms with Crippen LogP contribution in [0, 0.1) is 30.6 Å². The van der Waals surface area contributed by atoms with Crippen molar-refractivity contribution in [3.8, 4) is 0 Å². The van der Waals surface area contributed by atoms with Crippen LogP contribution in [-0.2, 0) is 52.1 Å². The van der Waals surface area contributed by atoms with Crippen LogP contribution in [0.5, 0.6) is 0 Å². The second-order valence-electron chi connectivity index (χ2n) is 0.447. The van der Waals surface area contributed by atoms with Gasteiger partial charge in [0.1, 0.15) is 0 Å². The van der Waals surface area contributed by atoms with E-state index >= 15 is 0 Å². The minimum Gasteiger partial charge on any atom is -0.356 e. The molecule has 0 bridgehead atoms. The fourth-order valence-corrected chi connectivity index (χ4v) is 0.